The lowest BCUT2D eigenvalue weighted by atomic mass is 9.86. The molecule has 0 aromatic carbocycles. The molecule has 1 aromatic heterocycles. The Bertz CT molecular complexity index is 498. The van der Waals surface area contributed by atoms with Gasteiger partial charge in [-0.1, -0.05) is 36.7 Å². The fourth-order valence-electron chi connectivity index (χ4n) is 1.86. The largest absolute Gasteiger partial charge is 0.265 e. The minimum absolute atomic E-state index is 0.0654. The Kier molecular flexibility index (Phi) is 6.61. The van der Waals surface area contributed by atoms with E-state index < -0.39 is 10.0 Å². The predicted molar refractivity (Wildman–Crippen MR) is 86.5 cm³/mol. The molecule has 114 valence electrons. The summed E-state index contributed by atoms with van der Waals surface area (Å²) in [4.78, 5) is 3.92. The van der Waals surface area contributed by atoms with E-state index in [0.717, 1.165) is 17.3 Å². The summed E-state index contributed by atoms with van der Waals surface area (Å²) in [6.45, 7) is 6.14. The molecule has 0 radical (unpaired) electrons. The average Bonchev–Trinajstić information content (AvgIpc) is 2.36. The number of alkyl halides is 1. The van der Waals surface area contributed by atoms with Crippen LogP contribution in [0.4, 0.5) is 0 Å². The van der Waals surface area contributed by atoms with Crippen LogP contribution in [0.1, 0.15) is 32.8 Å². The summed E-state index contributed by atoms with van der Waals surface area (Å²) in [6, 6.07) is 3.62. The number of sulfonamides is 1. The van der Waals surface area contributed by atoms with Gasteiger partial charge in [-0.25, -0.2) is 13.1 Å². The third kappa shape index (κ3) is 6.33. The maximum Gasteiger partial charge on any atom is 0.212 e. The fraction of sp³-hybridized carbons (Fsp3) is 0.643. The van der Waals surface area contributed by atoms with Crippen molar-refractivity contribution in [3.8, 4) is 0 Å². The fourth-order valence-corrected chi connectivity index (χ4v) is 3.84. The van der Waals surface area contributed by atoms with Crippen LogP contribution in [0.5, 0.6) is 0 Å². The van der Waals surface area contributed by atoms with Crippen molar-refractivity contribution in [2.24, 2.45) is 5.41 Å². The third-order valence-electron chi connectivity index (χ3n) is 3.17. The SMILES string of the molecule is CC(C)(C)C(CCBr)NS(=O)(=O)CCc1ccncc1. The Labute approximate surface area is 130 Å². The molecule has 0 aliphatic carbocycles. The van der Waals surface area contributed by atoms with E-state index in [9.17, 15) is 8.42 Å². The molecule has 0 bridgehead atoms. The van der Waals surface area contributed by atoms with Gasteiger partial charge in [0.1, 0.15) is 0 Å². The van der Waals surface area contributed by atoms with E-state index in [0.29, 0.717) is 6.42 Å². The van der Waals surface area contributed by atoms with Gasteiger partial charge in [-0.3, -0.25) is 4.98 Å². The lowest BCUT2D eigenvalue weighted by Crippen LogP contribution is -2.45. The van der Waals surface area contributed by atoms with Crippen LogP contribution < -0.4 is 4.72 Å². The highest BCUT2D eigenvalue weighted by atomic mass is 79.9. The van der Waals surface area contributed by atoms with Gasteiger partial charge in [0.15, 0.2) is 0 Å². The summed E-state index contributed by atoms with van der Waals surface area (Å²) in [7, 11) is -3.28. The number of hydrogen-bond donors (Lipinski definition) is 1. The van der Waals surface area contributed by atoms with Gasteiger partial charge in [-0.05, 0) is 36.0 Å². The molecule has 1 N–H and O–H groups in total. The molecule has 0 amide bonds. The van der Waals surface area contributed by atoms with Crippen LogP contribution in [0.2, 0.25) is 0 Å². The van der Waals surface area contributed by atoms with E-state index in [1.165, 1.54) is 0 Å². The van der Waals surface area contributed by atoms with Gasteiger partial charge in [-0.2, -0.15) is 0 Å². The first-order chi connectivity index (χ1) is 9.24. The summed E-state index contributed by atoms with van der Waals surface area (Å²) >= 11 is 3.38. The second-order valence-corrected chi connectivity index (χ2v) is 8.60. The van der Waals surface area contributed by atoms with E-state index in [2.05, 4.69) is 25.6 Å². The molecular weight excluding hydrogens is 340 g/mol. The second kappa shape index (κ2) is 7.52. The van der Waals surface area contributed by atoms with Crippen molar-refractivity contribution < 1.29 is 8.42 Å². The summed E-state index contributed by atoms with van der Waals surface area (Å²) in [5, 5.41) is 0.780. The minimum Gasteiger partial charge on any atom is -0.265 e. The maximum atomic E-state index is 12.2. The second-order valence-electron chi connectivity index (χ2n) is 5.94. The number of pyridine rings is 1. The first-order valence-electron chi connectivity index (χ1n) is 6.69. The lowest BCUT2D eigenvalue weighted by Gasteiger charge is -2.30. The smallest absolute Gasteiger partial charge is 0.212 e. The molecule has 1 atom stereocenters. The van der Waals surface area contributed by atoms with Gasteiger partial charge in [-0.15, -0.1) is 0 Å². The van der Waals surface area contributed by atoms with Gasteiger partial charge in [0.25, 0.3) is 0 Å². The standard InChI is InChI=1S/C14H23BrN2O2S/c1-14(2,3)13(4-8-15)17-20(18,19)11-7-12-5-9-16-10-6-12/h5-6,9-10,13,17H,4,7-8,11H2,1-3H3. The van der Waals surface area contributed by atoms with Crippen LogP contribution in [-0.4, -0.2) is 30.5 Å². The number of hydrogen-bond acceptors (Lipinski definition) is 3. The zero-order valence-corrected chi connectivity index (χ0v) is 14.7. The third-order valence-corrected chi connectivity index (χ3v) is 5.02. The summed E-state index contributed by atoms with van der Waals surface area (Å²) in [5.41, 5.74) is 0.885. The Hall–Kier alpha value is -0.460. The van der Waals surface area contributed by atoms with Crippen LogP contribution >= 0.6 is 15.9 Å². The number of nitrogens with one attached hydrogen (secondary N) is 1. The zero-order valence-electron chi connectivity index (χ0n) is 12.3. The molecule has 0 fully saturated rings. The van der Waals surface area contributed by atoms with Crippen molar-refractivity contribution in [2.75, 3.05) is 11.1 Å². The number of rotatable bonds is 7. The first kappa shape index (κ1) is 17.6. The van der Waals surface area contributed by atoms with E-state index in [1.54, 1.807) is 12.4 Å². The molecule has 0 aliphatic heterocycles. The van der Waals surface area contributed by atoms with Crippen molar-refractivity contribution in [1.82, 2.24) is 9.71 Å². The van der Waals surface area contributed by atoms with E-state index in [-0.39, 0.29) is 17.2 Å². The molecule has 0 spiro atoms. The van der Waals surface area contributed by atoms with Gasteiger partial charge >= 0.3 is 0 Å². The molecule has 1 unspecified atom stereocenters. The molecule has 1 rings (SSSR count). The molecule has 20 heavy (non-hydrogen) atoms. The lowest BCUT2D eigenvalue weighted by molar-refractivity contribution is 0.293. The molecule has 0 aliphatic rings. The highest BCUT2D eigenvalue weighted by Gasteiger charge is 2.28. The van der Waals surface area contributed by atoms with E-state index in [1.807, 2.05) is 32.9 Å². The van der Waals surface area contributed by atoms with Crippen LogP contribution in [0.25, 0.3) is 0 Å². The van der Waals surface area contributed by atoms with Crippen LogP contribution in [-0.2, 0) is 16.4 Å². The van der Waals surface area contributed by atoms with Crippen molar-refractivity contribution in [3.05, 3.63) is 30.1 Å². The monoisotopic (exact) mass is 362 g/mol. The Balaban J connectivity index is 2.64. The van der Waals surface area contributed by atoms with Crippen molar-refractivity contribution in [2.45, 2.75) is 39.7 Å². The topological polar surface area (TPSA) is 59.1 Å². The molecule has 4 nitrogen and oxygen atoms in total. The van der Waals surface area contributed by atoms with Gasteiger partial charge < -0.3 is 0 Å². The van der Waals surface area contributed by atoms with Crippen molar-refractivity contribution >= 4 is 26.0 Å². The zero-order chi connectivity index (χ0) is 15.2. The first-order valence-corrected chi connectivity index (χ1v) is 9.47. The molecule has 0 saturated heterocycles. The van der Waals surface area contributed by atoms with E-state index in [4.69, 9.17) is 0 Å². The summed E-state index contributed by atoms with van der Waals surface area (Å²) < 4.78 is 27.2. The van der Waals surface area contributed by atoms with Gasteiger partial charge in [0, 0.05) is 23.8 Å². The van der Waals surface area contributed by atoms with Crippen LogP contribution in [0, 0.1) is 5.41 Å². The number of nitrogens with zero attached hydrogens (tertiary/aromatic N) is 1. The number of aromatic nitrogens is 1. The molecule has 1 aromatic rings. The number of halogens is 1. The highest BCUT2D eigenvalue weighted by Crippen LogP contribution is 2.23. The molecule has 6 heteroatoms. The average molecular weight is 363 g/mol. The summed E-state index contributed by atoms with van der Waals surface area (Å²) in [6.07, 6.45) is 4.64. The normalized spacial score (nSPS) is 14.2. The Morgan fingerprint density at radius 1 is 1.30 bits per heavy atom. The Morgan fingerprint density at radius 3 is 2.40 bits per heavy atom. The molecule has 0 saturated carbocycles. The quantitative estimate of drug-likeness (QED) is 0.758. The van der Waals surface area contributed by atoms with Crippen molar-refractivity contribution in [1.29, 1.82) is 0 Å². The van der Waals surface area contributed by atoms with Gasteiger partial charge in [0.05, 0.1) is 5.75 Å². The van der Waals surface area contributed by atoms with Gasteiger partial charge in [0.2, 0.25) is 10.0 Å². The highest BCUT2D eigenvalue weighted by molar-refractivity contribution is 9.09. The summed E-state index contributed by atoms with van der Waals surface area (Å²) in [5.74, 6) is 0.103. The van der Waals surface area contributed by atoms with E-state index >= 15 is 0 Å². The van der Waals surface area contributed by atoms with Crippen LogP contribution in [0.3, 0.4) is 0 Å². The number of aryl methyl sites for hydroxylation is 1. The molecular formula is C14H23BrN2O2S. The predicted octanol–water partition coefficient (Wildman–Crippen LogP) is 2.74. The minimum atomic E-state index is -3.28. The van der Waals surface area contributed by atoms with Crippen molar-refractivity contribution in [3.63, 3.8) is 0 Å². The maximum absolute atomic E-state index is 12.2. The van der Waals surface area contributed by atoms with Crippen LogP contribution in [0.15, 0.2) is 24.5 Å². The Morgan fingerprint density at radius 2 is 1.90 bits per heavy atom. The molecule has 1 heterocycles.